The summed E-state index contributed by atoms with van der Waals surface area (Å²) in [7, 11) is 0. The molecule has 0 spiro atoms. The number of rotatable bonds is 4. The molecular formula is C18H30O4. The highest BCUT2D eigenvalue weighted by atomic mass is 16.6. The Bertz CT molecular complexity index is 417. The van der Waals surface area contributed by atoms with Gasteiger partial charge in [0.2, 0.25) is 0 Å². The molecule has 126 valence electrons. The Morgan fingerprint density at radius 2 is 1.68 bits per heavy atom. The Kier molecular flexibility index (Phi) is 6.64. The number of esters is 2. The fourth-order valence-electron chi connectivity index (χ4n) is 2.91. The zero-order valence-corrected chi connectivity index (χ0v) is 14.7. The van der Waals surface area contributed by atoms with E-state index in [0.717, 1.165) is 18.9 Å². The van der Waals surface area contributed by atoms with Crippen LogP contribution in [0.3, 0.4) is 0 Å². The van der Waals surface area contributed by atoms with Crippen molar-refractivity contribution in [3.05, 3.63) is 12.2 Å². The molecule has 0 bridgehead atoms. The maximum absolute atomic E-state index is 11.9. The summed E-state index contributed by atoms with van der Waals surface area (Å²) in [5.74, 6) is 0.468. The SMILES string of the molecule is CC(C)[C@@H]1CC[C@@H](C)C[C@H]1OC(=O)/C=C\C(=O)OC(C)(C)C. The summed E-state index contributed by atoms with van der Waals surface area (Å²) in [4.78, 5) is 23.5. The van der Waals surface area contributed by atoms with Crippen LogP contribution in [0.2, 0.25) is 0 Å². The zero-order valence-electron chi connectivity index (χ0n) is 14.7. The van der Waals surface area contributed by atoms with Crippen LogP contribution in [0.5, 0.6) is 0 Å². The van der Waals surface area contributed by atoms with Gasteiger partial charge in [-0.15, -0.1) is 0 Å². The van der Waals surface area contributed by atoms with Crippen LogP contribution in [0.15, 0.2) is 12.2 Å². The van der Waals surface area contributed by atoms with Crippen LogP contribution < -0.4 is 0 Å². The summed E-state index contributed by atoms with van der Waals surface area (Å²) in [6.07, 6.45) is 5.43. The number of hydrogen-bond acceptors (Lipinski definition) is 4. The molecule has 1 fully saturated rings. The molecule has 0 amide bonds. The summed E-state index contributed by atoms with van der Waals surface area (Å²) in [5.41, 5.74) is -0.563. The Labute approximate surface area is 134 Å². The minimum Gasteiger partial charge on any atom is -0.459 e. The summed E-state index contributed by atoms with van der Waals surface area (Å²) >= 11 is 0. The van der Waals surface area contributed by atoms with Gasteiger partial charge in [-0.05, 0) is 51.4 Å². The summed E-state index contributed by atoms with van der Waals surface area (Å²) in [5, 5.41) is 0. The van der Waals surface area contributed by atoms with E-state index in [2.05, 4.69) is 20.8 Å². The molecule has 0 unspecified atom stereocenters. The van der Waals surface area contributed by atoms with E-state index < -0.39 is 17.5 Å². The standard InChI is InChI=1S/C18H30O4/c1-12(2)14-8-7-13(3)11-15(14)21-16(19)9-10-17(20)22-18(4,5)6/h9-10,12-15H,7-8,11H2,1-6H3/b10-9-/t13-,14+,15-/m1/s1. The maximum atomic E-state index is 11.9. The third-order valence-electron chi connectivity index (χ3n) is 3.99. The van der Waals surface area contributed by atoms with Crippen molar-refractivity contribution in [2.75, 3.05) is 0 Å². The first-order valence-electron chi connectivity index (χ1n) is 8.20. The van der Waals surface area contributed by atoms with E-state index in [9.17, 15) is 9.59 Å². The van der Waals surface area contributed by atoms with E-state index in [4.69, 9.17) is 9.47 Å². The van der Waals surface area contributed by atoms with Crippen LogP contribution in [-0.4, -0.2) is 23.6 Å². The van der Waals surface area contributed by atoms with Gasteiger partial charge < -0.3 is 9.47 Å². The van der Waals surface area contributed by atoms with E-state index in [1.165, 1.54) is 12.5 Å². The van der Waals surface area contributed by atoms with Crippen molar-refractivity contribution in [1.82, 2.24) is 0 Å². The molecule has 0 aromatic heterocycles. The molecule has 0 radical (unpaired) electrons. The van der Waals surface area contributed by atoms with Crippen LogP contribution >= 0.6 is 0 Å². The Morgan fingerprint density at radius 3 is 2.23 bits per heavy atom. The lowest BCUT2D eigenvalue weighted by Crippen LogP contribution is -2.35. The monoisotopic (exact) mass is 310 g/mol. The number of hydrogen-bond donors (Lipinski definition) is 0. The molecule has 4 heteroatoms. The Hall–Kier alpha value is -1.32. The van der Waals surface area contributed by atoms with Crippen molar-refractivity contribution in [3.8, 4) is 0 Å². The highest BCUT2D eigenvalue weighted by molar-refractivity contribution is 5.91. The van der Waals surface area contributed by atoms with Crippen molar-refractivity contribution in [2.45, 2.75) is 72.5 Å². The molecule has 3 atom stereocenters. The predicted octanol–water partition coefficient (Wildman–Crippen LogP) is 3.89. The van der Waals surface area contributed by atoms with Crippen molar-refractivity contribution < 1.29 is 19.1 Å². The quantitative estimate of drug-likeness (QED) is 0.584. The fraction of sp³-hybridized carbons (Fsp3) is 0.778. The lowest BCUT2D eigenvalue weighted by Gasteiger charge is -2.36. The lowest BCUT2D eigenvalue weighted by molar-refractivity contribution is -0.152. The van der Waals surface area contributed by atoms with Crippen molar-refractivity contribution in [2.24, 2.45) is 17.8 Å². The average Bonchev–Trinajstić information content (AvgIpc) is 2.34. The molecule has 0 aliphatic heterocycles. The molecule has 0 saturated heterocycles. The van der Waals surface area contributed by atoms with Crippen LogP contribution in [0.25, 0.3) is 0 Å². The lowest BCUT2D eigenvalue weighted by atomic mass is 9.75. The number of ether oxygens (including phenoxy) is 2. The first kappa shape index (κ1) is 18.7. The van der Waals surface area contributed by atoms with Crippen LogP contribution in [-0.2, 0) is 19.1 Å². The topological polar surface area (TPSA) is 52.6 Å². The van der Waals surface area contributed by atoms with Crippen LogP contribution in [0, 0.1) is 17.8 Å². The zero-order chi connectivity index (χ0) is 16.9. The second-order valence-electron chi connectivity index (χ2n) is 7.67. The van der Waals surface area contributed by atoms with Gasteiger partial charge in [0.25, 0.3) is 0 Å². The fourth-order valence-corrected chi connectivity index (χ4v) is 2.91. The number of carbonyl (C=O) groups excluding carboxylic acids is 2. The van der Waals surface area contributed by atoms with Gasteiger partial charge in [-0.1, -0.05) is 27.2 Å². The van der Waals surface area contributed by atoms with E-state index >= 15 is 0 Å². The summed E-state index contributed by atoms with van der Waals surface area (Å²) in [6, 6.07) is 0. The maximum Gasteiger partial charge on any atom is 0.331 e. The molecule has 22 heavy (non-hydrogen) atoms. The second kappa shape index (κ2) is 7.80. The molecule has 0 N–H and O–H groups in total. The third kappa shape index (κ3) is 6.63. The van der Waals surface area contributed by atoms with Crippen LogP contribution in [0.4, 0.5) is 0 Å². The minimum atomic E-state index is -0.563. The molecule has 0 aromatic carbocycles. The molecule has 1 aliphatic carbocycles. The van der Waals surface area contributed by atoms with Gasteiger partial charge >= 0.3 is 11.9 Å². The van der Waals surface area contributed by atoms with Gasteiger partial charge in [-0.3, -0.25) is 0 Å². The largest absolute Gasteiger partial charge is 0.459 e. The first-order chi connectivity index (χ1) is 10.1. The van der Waals surface area contributed by atoms with Crippen LogP contribution in [0.1, 0.15) is 60.8 Å². The molecule has 1 rings (SSSR count). The number of carbonyl (C=O) groups is 2. The molecule has 1 saturated carbocycles. The smallest absolute Gasteiger partial charge is 0.331 e. The molecule has 0 heterocycles. The van der Waals surface area contributed by atoms with Gasteiger partial charge in [0.05, 0.1) is 0 Å². The second-order valence-corrected chi connectivity index (χ2v) is 7.67. The highest BCUT2D eigenvalue weighted by Gasteiger charge is 2.33. The van der Waals surface area contributed by atoms with Gasteiger partial charge in [0.15, 0.2) is 0 Å². The van der Waals surface area contributed by atoms with E-state index in [1.807, 2.05) is 0 Å². The van der Waals surface area contributed by atoms with E-state index in [0.29, 0.717) is 17.8 Å². The van der Waals surface area contributed by atoms with Gasteiger partial charge in [0, 0.05) is 12.2 Å². The van der Waals surface area contributed by atoms with Crippen molar-refractivity contribution >= 4 is 11.9 Å². The van der Waals surface area contributed by atoms with Gasteiger partial charge in [-0.2, -0.15) is 0 Å². The summed E-state index contributed by atoms with van der Waals surface area (Å²) in [6.45, 7) is 11.9. The highest BCUT2D eigenvalue weighted by Crippen LogP contribution is 2.35. The normalized spacial score (nSPS) is 26.2. The summed E-state index contributed by atoms with van der Waals surface area (Å²) < 4.78 is 10.7. The Balaban J connectivity index is 2.56. The Morgan fingerprint density at radius 1 is 1.09 bits per heavy atom. The molecular weight excluding hydrogens is 280 g/mol. The van der Waals surface area contributed by atoms with E-state index in [-0.39, 0.29) is 6.10 Å². The average molecular weight is 310 g/mol. The third-order valence-corrected chi connectivity index (χ3v) is 3.99. The predicted molar refractivity (Wildman–Crippen MR) is 86.2 cm³/mol. The minimum absolute atomic E-state index is 0.0560. The molecule has 4 nitrogen and oxygen atoms in total. The van der Waals surface area contributed by atoms with Crippen molar-refractivity contribution in [1.29, 1.82) is 0 Å². The van der Waals surface area contributed by atoms with Crippen molar-refractivity contribution in [3.63, 3.8) is 0 Å². The van der Waals surface area contributed by atoms with E-state index in [1.54, 1.807) is 20.8 Å². The van der Waals surface area contributed by atoms with Gasteiger partial charge in [0.1, 0.15) is 11.7 Å². The molecule has 0 aromatic rings. The first-order valence-corrected chi connectivity index (χ1v) is 8.20. The van der Waals surface area contributed by atoms with Gasteiger partial charge in [-0.25, -0.2) is 9.59 Å². The molecule has 1 aliphatic rings.